The molecule has 1 aromatic rings. The molecule has 1 saturated carbocycles. The van der Waals surface area contributed by atoms with Gasteiger partial charge in [0.1, 0.15) is 0 Å². The van der Waals surface area contributed by atoms with Crippen LogP contribution in [-0.4, -0.2) is 4.98 Å². The van der Waals surface area contributed by atoms with Crippen LogP contribution in [0, 0.1) is 6.92 Å². The molecule has 2 rings (SSSR count). The van der Waals surface area contributed by atoms with Crippen molar-refractivity contribution in [2.45, 2.75) is 25.7 Å². The fourth-order valence-electron chi connectivity index (χ4n) is 1.51. The monoisotopic (exact) mass is 229 g/mol. The van der Waals surface area contributed by atoms with E-state index in [-0.39, 0.29) is 0 Å². The molecule has 0 aliphatic heterocycles. The maximum absolute atomic E-state index is 4.62. The summed E-state index contributed by atoms with van der Waals surface area (Å²) < 4.78 is 0. The van der Waals surface area contributed by atoms with Gasteiger partial charge in [0.15, 0.2) is 0 Å². The van der Waals surface area contributed by atoms with Crippen molar-refractivity contribution in [3.8, 4) is 0 Å². The van der Waals surface area contributed by atoms with E-state index in [0.717, 1.165) is 11.4 Å². The van der Waals surface area contributed by atoms with E-state index in [1.54, 1.807) is 0 Å². The van der Waals surface area contributed by atoms with Crippen molar-refractivity contribution in [2.75, 3.05) is 0 Å². The predicted octanol–water partition coefficient (Wildman–Crippen LogP) is 0.769. The minimum atomic E-state index is 0.740. The molecule has 0 spiro atoms. The van der Waals surface area contributed by atoms with Gasteiger partial charge >= 0.3 is 0 Å². The maximum Gasteiger partial charge on any atom is 0.0649 e. The first-order valence-corrected chi connectivity index (χ1v) is 6.15. The molecule has 1 aromatic heterocycles. The van der Waals surface area contributed by atoms with Gasteiger partial charge in [-0.15, -0.1) is 18.5 Å². The largest absolute Gasteiger partial charge is 0.252 e. The molecule has 0 radical (unpaired) electrons. The third-order valence-corrected chi connectivity index (χ3v) is 5.02. The Morgan fingerprint density at radius 1 is 1.15 bits per heavy atom. The van der Waals surface area contributed by atoms with Gasteiger partial charge in [-0.1, -0.05) is 9.24 Å². The van der Waals surface area contributed by atoms with Gasteiger partial charge in [-0.3, -0.25) is 4.98 Å². The first kappa shape index (κ1) is 9.97. The fraction of sp³-hybridized carbons (Fsp3) is 0.444. The van der Waals surface area contributed by atoms with Crippen molar-refractivity contribution in [3.63, 3.8) is 0 Å². The Bertz CT molecular complexity index is 358. The molecular weight excluding hydrogens is 215 g/mol. The molecule has 70 valence electrons. The van der Waals surface area contributed by atoms with Crippen LogP contribution in [-0.2, 0) is 0 Å². The number of hydrogen-bond acceptors (Lipinski definition) is 1. The molecule has 1 aliphatic rings. The van der Waals surface area contributed by atoms with Crippen LogP contribution in [0.4, 0.5) is 0 Å². The molecule has 0 amide bonds. The molecule has 13 heavy (non-hydrogen) atoms. The highest BCUT2D eigenvalue weighted by Crippen LogP contribution is 2.39. The van der Waals surface area contributed by atoms with Crippen molar-refractivity contribution in [1.29, 1.82) is 0 Å². The quantitative estimate of drug-likeness (QED) is 0.648. The van der Waals surface area contributed by atoms with Gasteiger partial charge < -0.3 is 0 Å². The van der Waals surface area contributed by atoms with Crippen molar-refractivity contribution in [3.05, 3.63) is 11.3 Å². The fourth-order valence-corrected chi connectivity index (χ4v) is 2.54. The molecule has 3 unspecified atom stereocenters. The maximum atomic E-state index is 4.62. The molecule has 0 N–H and O–H groups in total. The number of pyridine rings is 1. The molecule has 4 heteroatoms. The van der Waals surface area contributed by atoms with E-state index in [1.807, 2.05) is 0 Å². The summed E-state index contributed by atoms with van der Waals surface area (Å²) in [6.45, 7) is 2.17. The zero-order chi connectivity index (χ0) is 9.59. The standard InChI is InChI=1S/C9H14NP3/c1-4-6(5-2-3-5)10-9(13)8(12)7(4)11/h5H,2-3,11-13H2,1H3. The summed E-state index contributed by atoms with van der Waals surface area (Å²) in [6, 6.07) is 0. The third-order valence-electron chi connectivity index (χ3n) is 2.56. The average molecular weight is 229 g/mol. The number of aromatic nitrogens is 1. The van der Waals surface area contributed by atoms with E-state index in [1.165, 1.54) is 34.7 Å². The highest BCUT2D eigenvalue weighted by Gasteiger charge is 2.27. The summed E-state index contributed by atoms with van der Waals surface area (Å²) in [6.07, 6.45) is 2.64. The van der Waals surface area contributed by atoms with Gasteiger partial charge in [-0.25, -0.2) is 0 Å². The van der Waals surface area contributed by atoms with Crippen LogP contribution in [0.5, 0.6) is 0 Å². The average Bonchev–Trinajstić information content (AvgIpc) is 2.91. The van der Waals surface area contributed by atoms with Crippen LogP contribution in [0.15, 0.2) is 0 Å². The highest BCUT2D eigenvalue weighted by atomic mass is 31.0. The third kappa shape index (κ3) is 1.80. The van der Waals surface area contributed by atoms with Crippen molar-refractivity contribution in [1.82, 2.24) is 4.98 Å². The molecule has 1 fully saturated rings. The first-order valence-electron chi connectivity index (χ1n) is 4.42. The molecule has 0 bridgehead atoms. The summed E-state index contributed by atoms with van der Waals surface area (Å²) in [5.41, 5.74) is 3.73. The van der Waals surface area contributed by atoms with E-state index < -0.39 is 0 Å². The van der Waals surface area contributed by atoms with Gasteiger partial charge in [0.05, 0.1) is 5.44 Å². The molecule has 1 nitrogen and oxygen atoms in total. The minimum Gasteiger partial charge on any atom is -0.252 e. The van der Waals surface area contributed by atoms with E-state index in [0.29, 0.717) is 0 Å². The zero-order valence-corrected chi connectivity index (χ0v) is 11.1. The number of nitrogens with zero attached hydrogens (tertiary/aromatic N) is 1. The second kappa shape index (κ2) is 3.54. The normalized spacial score (nSPS) is 16.3. The molecule has 1 heterocycles. The van der Waals surface area contributed by atoms with E-state index in [4.69, 9.17) is 0 Å². The van der Waals surface area contributed by atoms with Crippen LogP contribution in [0.25, 0.3) is 0 Å². The van der Waals surface area contributed by atoms with Crippen LogP contribution in [0.2, 0.25) is 0 Å². The summed E-state index contributed by atoms with van der Waals surface area (Å²) in [5, 5.41) is 2.50. The van der Waals surface area contributed by atoms with Crippen LogP contribution < -0.4 is 16.0 Å². The zero-order valence-electron chi connectivity index (χ0n) is 7.67. The summed E-state index contributed by atoms with van der Waals surface area (Å²) >= 11 is 0. The Labute approximate surface area is 86.1 Å². The van der Waals surface area contributed by atoms with E-state index in [9.17, 15) is 0 Å². The van der Waals surface area contributed by atoms with Gasteiger partial charge in [0, 0.05) is 16.9 Å². The lowest BCUT2D eigenvalue weighted by Crippen LogP contribution is -2.30. The van der Waals surface area contributed by atoms with Crippen LogP contribution in [0.3, 0.4) is 0 Å². The molecule has 1 aliphatic carbocycles. The Hall–Kier alpha value is 0.440. The second-order valence-corrected chi connectivity index (χ2v) is 5.31. The smallest absolute Gasteiger partial charge is 0.0649 e. The topological polar surface area (TPSA) is 12.9 Å². The van der Waals surface area contributed by atoms with Crippen LogP contribution in [0.1, 0.15) is 30.0 Å². The Morgan fingerprint density at radius 2 is 1.77 bits per heavy atom. The lowest BCUT2D eigenvalue weighted by Gasteiger charge is -2.11. The van der Waals surface area contributed by atoms with Crippen molar-refractivity contribution >= 4 is 43.8 Å². The molecular formula is C9H14NP3. The lowest BCUT2D eigenvalue weighted by molar-refractivity contribution is 1.02. The van der Waals surface area contributed by atoms with Gasteiger partial charge in [-0.05, 0) is 30.6 Å². The van der Waals surface area contributed by atoms with Crippen molar-refractivity contribution in [2.24, 2.45) is 0 Å². The van der Waals surface area contributed by atoms with E-state index >= 15 is 0 Å². The Morgan fingerprint density at radius 3 is 2.31 bits per heavy atom. The lowest BCUT2D eigenvalue weighted by atomic mass is 10.1. The first-order chi connectivity index (χ1) is 6.11. The minimum absolute atomic E-state index is 0.740. The highest BCUT2D eigenvalue weighted by molar-refractivity contribution is 7.40. The van der Waals surface area contributed by atoms with E-state index in [2.05, 4.69) is 39.6 Å². The summed E-state index contributed by atoms with van der Waals surface area (Å²) in [4.78, 5) is 4.62. The Kier molecular flexibility index (Phi) is 2.72. The van der Waals surface area contributed by atoms with Gasteiger partial charge in [0.25, 0.3) is 0 Å². The second-order valence-electron chi connectivity index (χ2n) is 3.61. The summed E-state index contributed by atoms with van der Waals surface area (Å²) in [5.74, 6) is 0.740. The number of hydrogen-bond donors (Lipinski definition) is 0. The predicted molar refractivity (Wildman–Crippen MR) is 69.0 cm³/mol. The molecule has 0 saturated heterocycles. The van der Waals surface area contributed by atoms with Gasteiger partial charge in [-0.2, -0.15) is 0 Å². The van der Waals surface area contributed by atoms with Gasteiger partial charge in [0.2, 0.25) is 0 Å². The van der Waals surface area contributed by atoms with Crippen molar-refractivity contribution < 1.29 is 0 Å². The Balaban J connectivity index is 2.58. The van der Waals surface area contributed by atoms with Crippen LogP contribution >= 0.6 is 27.7 Å². The molecule has 3 atom stereocenters. The summed E-state index contributed by atoms with van der Waals surface area (Å²) in [7, 11) is 8.27. The number of rotatable bonds is 1. The molecule has 0 aromatic carbocycles. The SMILES string of the molecule is Cc1c(C2CC2)nc(P)c(P)c1P.